The van der Waals surface area contributed by atoms with Crippen molar-refractivity contribution < 1.29 is 44.2 Å². The van der Waals surface area contributed by atoms with Crippen LogP contribution in [0.4, 0.5) is 5.69 Å². The number of carbonyl (C=O) groups excluding carboxylic acids is 1. The van der Waals surface area contributed by atoms with Crippen molar-refractivity contribution in [1.29, 1.82) is 0 Å². The summed E-state index contributed by atoms with van der Waals surface area (Å²) in [7, 11) is 0. The van der Waals surface area contributed by atoms with Crippen LogP contribution in [0.3, 0.4) is 0 Å². The Labute approximate surface area is 139 Å². The number of carboxylic acid groups (broad SMARTS) is 1. The Kier molecular flexibility index (Phi) is 6.87. The number of rotatable bonds is 5. The summed E-state index contributed by atoms with van der Waals surface area (Å²) in [5, 5.41) is 13.1. The van der Waals surface area contributed by atoms with Crippen LogP contribution in [0, 0.1) is 0 Å². The minimum atomic E-state index is -1.26. The van der Waals surface area contributed by atoms with Crippen molar-refractivity contribution in [3.05, 3.63) is 66.9 Å². The number of para-hydroxylation sites is 3. The zero-order valence-electron chi connectivity index (χ0n) is 11.1. The maximum absolute atomic E-state index is 10.3. The molecule has 0 saturated heterocycles. The van der Waals surface area contributed by atoms with E-state index in [1.807, 2.05) is 42.5 Å². The van der Waals surface area contributed by atoms with Gasteiger partial charge in [0, 0.05) is 6.20 Å². The number of nitrogens with one attached hydrogen (secondary N) is 1. The van der Waals surface area contributed by atoms with Gasteiger partial charge in [-0.1, -0.05) is 30.3 Å². The second kappa shape index (κ2) is 8.43. The predicted octanol–water partition coefficient (Wildman–Crippen LogP) is -0.842. The van der Waals surface area contributed by atoms with E-state index >= 15 is 0 Å². The summed E-state index contributed by atoms with van der Waals surface area (Å²) >= 11 is 0. The number of carbonyl (C=O) groups is 1. The minimum Gasteiger partial charge on any atom is -0.545 e. The first-order chi connectivity index (χ1) is 9.25. The van der Waals surface area contributed by atoms with E-state index in [4.69, 9.17) is 4.74 Å². The molecule has 0 atom stereocenters. The summed E-state index contributed by atoms with van der Waals surface area (Å²) in [5.74, 6) is 0.0614. The van der Waals surface area contributed by atoms with Gasteiger partial charge in [0.05, 0.1) is 11.7 Å². The van der Waals surface area contributed by atoms with Gasteiger partial charge in [-0.3, -0.25) is 0 Å². The van der Waals surface area contributed by atoms with Crippen LogP contribution in [0.15, 0.2) is 66.9 Å². The summed E-state index contributed by atoms with van der Waals surface area (Å²) in [6.45, 7) is 0. The number of carboxylic acids is 1. The zero-order valence-corrected chi connectivity index (χ0v) is 13.1. The molecule has 0 aliphatic heterocycles. The number of ether oxygens (including phenoxy) is 1. The van der Waals surface area contributed by atoms with Gasteiger partial charge in [0.2, 0.25) is 0 Å². The van der Waals surface area contributed by atoms with Gasteiger partial charge in [-0.05, 0) is 30.3 Å². The van der Waals surface area contributed by atoms with E-state index in [1.165, 1.54) is 6.20 Å². The summed E-state index contributed by atoms with van der Waals surface area (Å²) in [5.41, 5.74) is 0.670. The molecule has 5 heteroatoms. The van der Waals surface area contributed by atoms with Crippen LogP contribution in [0.5, 0.6) is 11.5 Å². The van der Waals surface area contributed by atoms with Crippen molar-refractivity contribution in [1.82, 2.24) is 0 Å². The predicted molar refractivity (Wildman–Crippen MR) is 70.7 cm³/mol. The Balaban J connectivity index is 0.00000200. The van der Waals surface area contributed by atoms with Gasteiger partial charge in [-0.2, -0.15) is 0 Å². The van der Waals surface area contributed by atoms with Gasteiger partial charge in [0.15, 0.2) is 5.75 Å². The Morgan fingerprint density at radius 3 is 2.40 bits per heavy atom. The second-order valence-corrected chi connectivity index (χ2v) is 3.71. The number of hydrogen-bond donors (Lipinski definition) is 1. The number of benzene rings is 2. The third-order valence-corrected chi connectivity index (χ3v) is 2.32. The maximum Gasteiger partial charge on any atom is 1.00 e. The van der Waals surface area contributed by atoms with E-state index in [9.17, 15) is 9.90 Å². The van der Waals surface area contributed by atoms with Crippen LogP contribution in [0.1, 0.15) is 0 Å². The molecule has 2 rings (SSSR count). The van der Waals surface area contributed by atoms with E-state index in [2.05, 4.69) is 5.32 Å². The Morgan fingerprint density at radius 2 is 1.70 bits per heavy atom. The van der Waals surface area contributed by atoms with Crippen molar-refractivity contribution in [3.63, 3.8) is 0 Å². The van der Waals surface area contributed by atoms with Crippen molar-refractivity contribution in [2.24, 2.45) is 0 Å². The van der Waals surface area contributed by atoms with Gasteiger partial charge in [-0.15, -0.1) is 0 Å². The molecular formula is C15H12NNaO3. The van der Waals surface area contributed by atoms with Gasteiger partial charge in [-0.25, -0.2) is 0 Å². The molecule has 20 heavy (non-hydrogen) atoms. The molecule has 0 aromatic heterocycles. The minimum absolute atomic E-state index is 0. The normalized spacial score (nSPS) is 9.80. The van der Waals surface area contributed by atoms with Gasteiger partial charge in [0.25, 0.3) is 0 Å². The fourth-order valence-corrected chi connectivity index (χ4v) is 1.49. The summed E-state index contributed by atoms with van der Waals surface area (Å²) in [6.07, 6.45) is 2.21. The molecule has 0 unspecified atom stereocenters. The van der Waals surface area contributed by atoms with E-state index in [1.54, 1.807) is 12.1 Å². The number of hydrogen-bond acceptors (Lipinski definition) is 4. The molecule has 96 valence electrons. The molecule has 0 spiro atoms. The molecule has 0 amide bonds. The first-order valence-electron chi connectivity index (χ1n) is 5.72. The molecule has 4 nitrogen and oxygen atoms in total. The number of aliphatic carboxylic acids is 1. The third-order valence-electron chi connectivity index (χ3n) is 2.32. The van der Waals surface area contributed by atoms with Gasteiger partial charge in [0.1, 0.15) is 5.75 Å². The monoisotopic (exact) mass is 277 g/mol. The smallest absolute Gasteiger partial charge is 0.545 e. The first kappa shape index (κ1) is 16.3. The summed E-state index contributed by atoms with van der Waals surface area (Å²) in [6, 6.07) is 16.6. The third kappa shape index (κ3) is 5.09. The maximum atomic E-state index is 10.3. The average molecular weight is 277 g/mol. The number of anilines is 1. The molecular weight excluding hydrogens is 265 g/mol. The van der Waals surface area contributed by atoms with Gasteiger partial charge < -0.3 is 20.0 Å². The molecule has 0 radical (unpaired) electrons. The van der Waals surface area contributed by atoms with Crippen molar-refractivity contribution in [2.75, 3.05) is 5.32 Å². The molecule has 2 aromatic rings. The summed E-state index contributed by atoms with van der Waals surface area (Å²) < 4.78 is 5.71. The van der Waals surface area contributed by atoms with Crippen molar-refractivity contribution >= 4 is 11.7 Å². The Morgan fingerprint density at radius 1 is 1.05 bits per heavy atom. The molecule has 0 heterocycles. The Bertz CT molecular complexity index is 585. The quantitative estimate of drug-likeness (QED) is 0.572. The van der Waals surface area contributed by atoms with Crippen LogP contribution < -0.4 is 44.7 Å². The molecule has 0 saturated carbocycles. The van der Waals surface area contributed by atoms with Crippen LogP contribution in [-0.2, 0) is 4.79 Å². The Hall–Kier alpha value is -1.75. The van der Waals surface area contributed by atoms with Crippen molar-refractivity contribution in [2.45, 2.75) is 0 Å². The topological polar surface area (TPSA) is 61.4 Å². The van der Waals surface area contributed by atoms with E-state index < -0.39 is 5.97 Å². The molecule has 2 aromatic carbocycles. The SMILES string of the molecule is O=C([O-])C=CNc1ccccc1Oc1ccccc1.[Na+]. The molecule has 0 aliphatic rings. The van der Waals surface area contributed by atoms with Gasteiger partial charge >= 0.3 is 29.6 Å². The largest absolute Gasteiger partial charge is 1.00 e. The standard InChI is InChI=1S/C15H13NO3.Na/c17-15(18)10-11-16-13-8-4-5-9-14(13)19-12-6-2-1-3-7-12;/h1-11,16H,(H,17,18);/q;+1/p-1. The molecule has 0 aliphatic carbocycles. The fourth-order valence-electron chi connectivity index (χ4n) is 1.49. The van der Waals surface area contributed by atoms with Crippen LogP contribution in [-0.4, -0.2) is 5.97 Å². The fraction of sp³-hybridized carbons (Fsp3) is 0. The molecule has 0 bridgehead atoms. The first-order valence-corrected chi connectivity index (χ1v) is 5.72. The average Bonchev–Trinajstić information content (AvgIpc) is 2.41. The van der Waals surface area contributed by atoms with E-state index in [0.29, 0.717) is 17.2 Å². The summed E-state index contributed by atoms with van der Waals surface area (Å²) in [4.78, 5) is 10.3. The van der Waals surface area contributed by atoms with E-state index in [0.717, 1.165) is 6.08 Å². The second-order valence-electron chi connectivity index (χ2n) is 3.71. The van der Waals surface area contributed by atoms with Crippen LogP contribution >= 0.6 is 0 Å². The van der Waals surface area contributed by atoms with Crippen LogP contribution in [0.2, 0.25) is 0 Å². The van der Waals surface area contributed by atoms with Crippen LogP contribution in [0.25, 0.3) is 0 Å². The molecule has 1 N–H and O–H groups in total. The van der Waals surface area contributed by atoms with E-state index in [-0.39, 0.29) is 29.6 Å². The van der Waals surface area contributed by atoms with Crippen molar-refractivity contribution in [3.8, 4) is 11.5 Å². The zero-order chi connectivity index (χ0) is 13.5. The molecule has 0 fully saturated rings.